The monoisotopic (exact) mass is 263 g/mol. The zero-order valence-corrected chi connectivity index (χ0v) is 10.7. The summed E-state index contributed by atoms with van der Waals surface area (Å²) in [7, 11) is 0. The third-order valence-electron chi connectivity index (χ3n) is 2.95. The molecule has 0 fully saturated rings. The van der Waals surface area contributed by atoms with Crippen molar-refractivity contribution in [1.29, 1.82) is 0 Å². The van der Waals surface area contributed by atoms with E-state index in [0.29, 0.717) is 11.3 Å². The van der Waals surface area contributed by atoms with E-state index in [1.165, 1.54) is 18.2 Å². The van der Waals surface area contributed by atoms with Gasteiger partial charge in [0.25, 0.3) is 0 Å². The maximum absolute atomic E-state index is 13.7. The third-order valence-corrected chi connectivity index (χ3v) is 2.95. The van der Waals surface area contributed by atoms with Gasteiger partial charge in [0.2, 0.25) is 0 Å². The van der Waals surface area contributed by atoms with E-state index in [0.717, 1.165) is 11.6 Å². The molecule has 2 aromatic rings. The number of anilines is 1. The average Bonchev–Trinajstić information content (AvgIpc) is 2.32. The summed E-state index contributed by atoms with van der Waals surface area (Å²) in [6.07, 6.45) is 0. The summed E-state index contributed by atoms with van der Waals surface area (Å²) in [5.41, 5.74) is 1.52. The first-order valence-corrected chi connectivity index (χ1v) is 5.98. The van der Waals surface area contributed by atoms with Gasteiger partial charge in [0.05, 0.1) is 11.7 Å². The van der Waals surface area contributed by atoms with Gasteiger partial charge in [-0.2, -0.15) is 0 Å². The third kappa shape index (κ3) is 3.02. The Morgan fingerprint density at radius 2 is 1.79 bits per heavy atom. The molecule has 0 amide bonds. The van der Waals surface area contributed by atoms with E-state index < -0.39 is 11.9 Å². The predicted octanol–water partition coefficient (Wildman–Crippen LogP) is 4.15. The van der Waals surface area contributed by atoms with Crippen LogP contribution in [-0.2, 0) is 0 Å². The summed E-state index contributed by atoms with van der Waals surface area (Å²) in [5, 5.41) is 12.1. The molecule has 0 aliphatic heterocycles. The standard InChI is InChI=1S/C15H15F2NO/c1-9-3-6-15(14(17)7-9)18-10(2)12-5-4-11(19)8-13(12)16/h3-8,10,18-19H,1-2H3. The van der Waals surface area contributed by atoms with Gasteiger partial charge in [-0.05, 0) is 37.6 Å². The Morgan fingerprint density at radius 1 is 1.05 bits per heavy atom. The Balaban J connectivity index is 2.23. The molecule has 4 heteroatoms. The summed E-state index contributed by atoms with van der Waals surface area (Å²) in [6, 6.07) is 8.35. The highest BCUT2D eigenvalue weighted by atomic mass is 19.1. The van der Waals surface area contributed by atoms with Crippen LogP contribution >= 0.6 is 0 Å². The van der Waals surface area contributed by atoms with Gasteiger partial charge in [-0.25, -0.2) is 8.78 Å². The number of rotatable bonds is 3. The van der Waals surface area contributed by atoms with Crippen molar-refractivity contribution < 1.29 is 13.9 Å². The fraction of sp³-hybridized carbons (Fsp3) is 0.200. The van der Waals surface area contributed by atoms with Gasteiger partial charge >= 0.3 is 0 Å². The van der Waals surface area contributed by atoms with Crippen LogP contribution in [0.4, 0.5) is 14.5 Å². The largest absolute Gasteiger partial charge is 0.508 e. The second-order valence-electron chi connectivity index (χ2n) is 4.56. The van der Waals surface area contributed by atoms with Crippen LogP contribution in [0.25, 0.3) is 0 Å². The lowest BCUT2D eigenvalue weighted by atomic mass is 10.1. The normalized spacial score (nSPS) is 12.2. The number of hydrogen-bond donors (Lipinski definition) is 2. The van der Waals surface area contributed by atoms with Gasteiger partial charge in [0, 0.05) is 11.6 Å². The number of halogens is 2. The molecule has 0 saturated heterocycles. The number of benzene rings is 2. The van der Waals surface area contributed by atoms with E-state index in [4.69, 9.17) is 5.11 Å². The second kappa shape index (κ2) is 5.26. The molecule has 0 heterocycles. The lowest BCUT2D eigenvalue weighted by Crippen LogP contribution is -2.09. The molecule has 2 aromatic carbocycles. The van der Waals surface area contributed by atoms with E-state index in [1.807, 2.05) is 0 Å². The van der Waals surface area contributed by atoms with E-state index >= 15 is 0 Å². The summed E-state index contributed by atoms with van der Waals surface area (Å²) in [5.74, 6) is -1.02. The lowest BCUT2D eigenvalue weighted by molar-refractivity contribution is 0.467. The van der Waals surface area contributed by atoms with Crippen LogP contribution in [0.1, 0.15) is 24.1 Å². The molecule has 0 aromatic heterocycles. The molecule has 2 N–H and O–H groups in total. The number of hydrogen-bond acceptors (Lipinski definition) is 2. The molecule has 2 rings (SSSR count). The fourth-order valence-corrected chi connectivity index (χ4v) is 1.92. The van der Waals surface area contributed by atoms with Crippen LogP contribution in [0.2, 0.25) is 0 Å². The number of phenols is 1. The Kier molecular flexibility index (Phi) is 3.69. The highest BCUT2D eigenvalue weighted by Gasteiger charge is 2.13. The van der Waals surface area contributed by atoms with Crippen LogP contribution in [0.3, 0.4) is 0 Å². The topological polar surface area (TPSA) is 32.3 Å². The molecule has 0 bridgehead atoms. The molecule has 0 radical (unpaired) electrons. The maximum Gasteiger partial charge on any atom is 0.146 e. The Morgan fingerprint density at radius 3 is 2.42 bits per heavy atom. The Labute approximate surface area is 110 Å². The number of aryl methyl sites for hydroxylation is 1. The van der Waals surface area contributed by atoms with Gasteiger partial charge in [-0.15, -0.1) is 0 Å². The van der Waals surface area contributed by atoms with Crippen LogP contribution in [0.15, 0.2) is 36.4 Å². The number of nitrogens with one attached hydrogen (secondary N) is 1. The van der Waals surface area contributed by atoms with Gasteiger partial charge in [0.15, 0.2) is 0 Å². The molecule has 19 heavy (non-hydrogen) atoms. The molecular formula is C15H15F2NO. The SMILES string of the molecule is Cc1ccc(NC(C)c2ccc(O)cc2F)c(F)c1. The zero-order chi connectivity index (χ0) is 14.0. The van der Waals surface area contributed by atoms with Crippen molar-refractivity contribution in [2.75, 3.05) is 5.32 Å². The van der Waals surface area contributed by atoms with Crippen molar-refractivity contribution >= 4 is 5.69 Å². The van der Waals surface area contributed by atoms with E-state index in [-0.39, 0.29) is 11.6 Å². The molecule has 0 aliphatic rings. The minimum atomic E-state index is -0.521. The Hall–Kier alpha value is -2.10. The highest BCUT2D eigenvalue weighted by Crippen LogP contribution is 2.25. The summed E-state index contributed by atoms with van der Waals surface area (Å²) in [6.45, 7) is 3.53. The molecular weight excluding hydrogens is 248 g/mol. The first-order valence-electron chi connectivity index (χ1n) is 5.98. The van der Waals surface area contributed by atoms with Crippen molar-refractivity contribution in [1.82, 2.24) is 0 Å². The highest BCUT2D eigenvalue weighted by molar-refractivity contribution is 5.48. The minimum Gasteiger partial charge on any atom is -0.508 e. The van der Waals surface area contributed by atoms with Gasteiger partial charge in [-0.1, -0.05) is 12.1 Å². The summed E-state index contributed by atoms with van der Waals surface area (Å²) in [4.78, 5) is 0. The van der Waals surface area contributed by atoms with Crippen molar-refractivity contribution in [2.24, 2.45) is 0 Å². The first kappa shape index (κ1) is 13.3. The zero-order valence-electron chi connectivity index (χ0n) is 10.7. The minimum absolute atomic E-state index is 0.130. The van der Waals surface area contributed by atoms with E-state index in [9.17, 15) is 8.78 Å². The van der Waals surface area contributed by atoms with Gasteiger partial charge in [0.1, 0.15) is 17.4 Å². The van der Waals surface area contributed by atoms with Gasteiger partial charge < -0.3 is 10.4 Å². The molecule has 2 nitrogen and oxygen atoms in total. The number of phenolic OH excluding ortho intramolecular Hbond substituents is 1. The average molecular weight is 263 g/mol. The molecule has 0 aliphatic carbocycles. The van der Waals surface area contributed by atoms with Crippen molar-refractivity contribution in [3.05, 3.63) is 59.2 Å². The first-order chi connectivity index (χ1) is 8.97. The molecule has 1 atom stereocenters. The number of aromatic hydroxyl groups is 1. The molecule has 0 saturated carbocycles. The quantitative estimate of drug-likeness (QED) is 0.871. The molecule has 1 unspecified atom stereocenters. The van der Waals surface area contributed by atoms with Crippen molar-refractivity contribution in [3.63, 3.8) is 0 Å². The van der Waals surface area contributed by atoms with E-state index in [2.05, 4.69) is 5.32 Å². The molecule has 0 spiro atoms. The fourth-order valence-electron chi connectivity index (χ4n) is 1.92. The smallest absolute Gasteiger partial charge is 0.146 e. The van der Waals surface area contributed by atoms with Crippen LogP contribution < -0.4 is 5.32 Å². The summed E-state index contributed by atoms with van der Waals surface area (Å²) >= 11 is 0. The van der Waals surface area contributed by atoms with Crippen molar-refractivity contribution in [2.45, 2.75) is 19.9 Å². The lowest BCUT2D eigenvalue weighted by Gasteiger charge is -2.17. The predicted molar refractivity (Wildman–Crippen MR) is 71.2 cm³/mol. The Bertz CT molecular complexity index is 599. The van der Waals surface area contributed by atoms with Crippen LogP contribution in [0.5, 0.6) is 5.75 Å². The van der Waals surface area contributed by atoms with Crippen LogP contribution in [0, 0.1) is 18.6 Å². The van der Waals surface area contributed by atoms with Crippen molar-refractivity contribution in [3.8, 4) is 5.75 Å². The maximum atomic E-state index is 13.7. The van der Waals surface area contributed by atoms with E-state index in [1.54, 1.807) is 26.0 Å². The molecule has 100 valence electrons. The second-order valence-corrected chi connectivity index (χ2v) is 4.56. The van der Waals surface area contributed by atoms with Gasteiger partial charge in [-0.3, -0.25) is 0 Å². The van der Waals surface area contributed by atoms with Crippen LogP contribution in [-0.4, -0.2) is 5.11 Å². The summed E-state index contributed by atoms with van der Waals surface area (Å²) < 4.78 is 27.4.